The summed E-state index contributed by atoms with van der Waals surface area (Å²) in [6, 6.07) is 7.05. The number of nitrogens with one attached hydrogen (secondary N) is 1. The van der Waals surface area contributed by atoms with Crippen LogP contribution in [0.1, 0.15) is 18.0 Å². The molecule has 100 valence electrons. The van der Waals surface area contributed by atoms with E-state index in [-0.39, 0.29) is 11.5 Å². The molecule has 5 heteroatoms. The molecular weight excluding hydrogens is 245 g/mol. The number of aromatic amines is 1. The Labute approximate surface area is 110 Å². The fourth-order valence-electron chi connectivity index (χ4n) is 2.53. The monoisotopic (exact) mass is 261 g/mol. The number of hydrogen-bond acceptors (Lipinski definition) is 2. The third kappa shape index (κ3) is 2.46. The standard InChI is InChI=1S/C14H16FN3O/c15-12-3-1-11(2-4-12)13-5-7-17(13)9-10-18-8-6-16-14(18)19/h1-4,6,8,13H,5,7,9-10H2,(H,16,19)/t13-/m1/s1. The predicted octanol–water partition coefficient (Wildman–Crippen LogP) is 1.76. The number of benzene rings is 1. The first-order chi connectivity index (χ1) is 9.24. The minimum atomic E-state index is -0.200. The van der Waals surface area contributed by atoms with Crippen LogP contribution in [-0.4, -0.2) is 27.5 Å². The van der Waals surface area contributed by atoms with Crippen LogP contribution >= 0.6 is 0 Å². The lowest BCUT2D eigenvalue weighted by molar-refractivity contribution is 0.0860. The number of nitrogens with zero attached hydrogens (tertiary/aromatic N) is 2. The molecule has 4 nitrogen and oxygen atoms in total. The number of halogens is 1. The van der Waals surface area contributed by atoms with Gasteiger partial charge in [-0.15, -0.1) is 0 Å². The molecule has 0 saturated carbocycles. The van der Waals surface area contributed by atoms with Crippen molar-refractivity contribution < 1.29 is 4.39 Å². The third-order valence-corrected chi connectivity index (χ3v) is 3.74. The van der Waals surface area contributed by atoms with E-state index in [1.165, 1.54) is 12.1 Å². The number of hydrogen-bond donors (Lipinski definition) is 1. The van der Waals surface area contributed by atoms with Gasteiger partial charge in [0.1, 0.15) is 5.82 Å². The number of imidazole rings is 1. The first-order valence-corrected chi connectivity index (χ1v) is 6.47. The Morgan fingerprint density at radius 1 is 1.26 bits per heavy atom. The molecule has 0 aliphatic carbocycles. The van der Waals surface area contributed by atoms with Crippen molar-refractivity contribution in [1.82, 2.24) is 14.5 Å². The van der Waals surface area contributed by atoms with E-state index in [1.807, 2.05) is 12.1 Å². The van der Waals surface area contributed by atoms with E-state index in [0.717, 1.165) is 25.1 Å². The lowest BCUT2D eigenvalue weighted by Gasteiger charge is -2.41. The van der Waals surface area contributed by atoms with Crippen LogP contribution in [-0.2, 0) is 6.54 Å². The average molecular weight is 261 g/mol. The highest BCUT2D eigenvalue weighted by Gasteiger charge is 2.28. The Hall–Kier alpha value is -1.88. The topological polar surface area (TPSA) is 41.0 Å². The van der Waals surface area contributed by atoms with Crippen LogP contribution in [0.15, 0.2) is 41.5 Å². The van der Waals surface area contributed by atoms with Gasteiger partial charge in [0.25, 0.3) is 0 Å². The van der Waals surface area contributed by atoms with E-state index in [2.05, 4.69) is 9.88 Å². The van der Waals surface area contributed by atoms with Crippen molar-refractivity contribution in [3.8, 4) is 0 Å². The van der Waals surface area contributed by atoms with Gasteiger partial charge < -0.3 is 4.98 Å². The highest BCUT2D eigenvalue weighted by atomic mass is 19.1. The predicted molar refractivity (Wildman–Crippen MR) is 70.4 cm³/mol. The second-order valence-electron chi connectivity index (χ2n) is 4.85. The summed E-state index contributed by atoms with van der Waals surface area (Å²) < 4.78 is 14.6. The van der Waals surface area contributed by atoms with Gasteiger partial charge in [0.2, 0.25) is 0 Å². The lowest BCUT2D eigenvalue weighted by atomic mass is 9.95. The second-order valence-corrected chi connectivity index (χ2v) is 4.85. The summed E-state index contributed by atoms with van der Waals surface area (Å²) in [7, 11) is 0. The fourth-order valence-corrected chi connectivity index (χ4v) is 2.53. The SMILES string of the molecule is O=c1[nH]ccn1CCN1CC[C@@H]1c1ccc(F)cc1. The zero-order valence-corrected chi connectivity index (χ0v) is 10.6. The van der Waals surface area contributed by atoms with Crippen molar-refractivity contribution in [3.63, 3.8) is 0 Å². The zero-order valence-electron chi connectivity index (χ0n) is 10.6. The van der Waals surface area contributed by atoms with Gasteiger partial charge in [0.05, 0.1) is 0 Å². The summed E-state index contributed by atoms with van der Waals surface area (Å²) in [6.07, 6.45) is 4.50. The molecule has 1 atom stereocenters. The molecule has 2 heterocycles. The van der Waals surface area contributed by atoms with Crippen LogP contribution in [0, 0.1) is 5.82 Å². The van der Waals surface area contributed by atoms with Gasteiger partial charge in [0.15, 0.2) is 0 Å². The molecule has 0 spiro atoms. The van der Waals surface area contributed by atoms with Crippen LogP contribution in [0.25, 0.3) is 0 Å². The first-order valence-electron chi connectivity index (χ1n) is 6.47. The van der Waals surface area contributed by atoms with Crippen LogP contribution in [0.4, 0.5) is 4.39 Å². The second kappa shape index (κ2) is 5.01. The summed E-state index contributed by atoms with van der Waals surface area (Å²) >= 11 is 0. The van der Waals surface area contributed by atoms with E-state index in [9.17, 15) is 9.18 Å². The van der Waals surface area contributed by atoms with E-state index in [0.29, 0.717) is 12.6 Å². The highest BCUT2D eigenvalue weighted by molar-refractivity contribution is 5.21. The van der Waals surface area contributed by atoms with Crippen molar-refractivity contribution in [2.24, 2.45) is 0 Å². The van der Waals surface area contributed by atoms with Gasteiger partial charge in [0, 0.05) is 38.1 Å². The highest BCUT2D eigenvalue weighted by Crippen LogP contribution is 2.32. The normalized spacial score (nSPS) is 19.3. The molecule has 0 amide bonds. The smallest absolute Gasteiger partial charge is 0.313 e. The summed E-state index contributed by atoms with van der Waals surface area (Å²) in [6.45, 7) is 2.54. The molecular formula is C14H16FN3O. The maximum atomic E-state index is 12.9. The number of rotatable bonds is 4. The first kappa shape index (κ1) is 12.2. The van der Waals surface area contributed by atoms with Crippen LogP contribution < -0.4 is 5.69 Å². The van der Waals surface area contributed by atoms with Gasteiger partial charge in [-0.2, -0.15) is 0 Å². The summed E-state index contributed by atoms with van der Waals surface area (Å²) in [4.78, 5) is 16.3. The van der Waals surface area contributed by atoms with Crippen molar-refractivity contribution in [2.75, 3.05) is 13.1 Å². The van der Waals surface area contributed by atoms with Gasteiger partial charge in [-0.25, -0.2) is 9.18 Å². The molecule has 0 unspecified atom stereocenters. The van der Waals surface area contributed by atoms with Gasteiger partial charge in [-0.05, 0) is 24.1 Å². The van der Waals surface area contributed by atoms with Gasteiger partial charge in [-0.1, -0.05) is 12.1 Å². The third-order valence-electron chi connectivity index (χ3n) is 3.74. The Balaban J connectivity index is 1.62. The fraction of sp³-hybridized carbons (Fsp3) is 0.357. The molecule has 3 rings (SSSR count). The lowest BCUT2D eigenvalue weighted by Crippen LogP contribution is -2.43. The quantitative estimate of drug-likeness (QED) is 0.911. The molecule has 0 bridgehead atoms. The zero-order chi connectivity index (χ0) is 13.2. The van der Waals surface area contributed by atoms with Gasteiger partial charge >= 0.3 is 5.69 Å². The van der Waals surface area contributed by atoms with Crippen molar-refractivity contribution in [3.05, 3.63) is 58.5 Å². The van der Waals surface area contributed by atoms with Crippen LogP contribution in [0.5, 0.6) is 0 Å². The van der Waals surface area contributed by atoms with E-state index >= 15 is 0 Å². The van der Waals surface area contributed by atoms with Crippen molar-refractivity contribution >= 4 is 0 Å². The van der Waals surface area contributed by atoms with Crippen molar-refractivity contribution in [2.45, 2.75) is 19.0 Å². The molecule has 1 aliphatic heterocycles. The molecule has 1 aromatic heterocycles. The Morgan fingerprint density at radius 3 is 2.63 bits per heavy atom. The maximum Gasteiger partial charge on any atom is 0.325 e. The average Bonchev–Trinajstić information content (AvgIpc) is 2.77. The summed E-state index contributed by atoms with van der Waals surface area (Å²) in [5, 5.41) is 0. The Morgan fingerprint density at radius 2 is 2.05 bits per heavy atom. The number of likely N-dealkylation sites (tertiary alicyclic amines) is 1. The molecule has 1 aliphatic rings. The molecule has 2 aromatic rings. The van der Waals surface area contributed by atoms with Crippen LogP contribution in [0.2, 0.25) is 0 Å². The number of H-pyrrole nitrogens is 1. The maximum absolute atomic E-state index is 12.9. The Kier molecular flexibility index (Phi) is 3.21. The van der Waals surface area contributed by atoms with Crippen molar-refractivity contribution in [1.29, 1.82) is 0 Å². The minimum absolute atomic E-state index is 0.0705. The molecule has 1 saturated heterocycles. The minimum Gasteiger partial charge on any atom is -0.313 e. The Bertz CT molecular complexity index is 602. The van der Waals surface area contributed by atoms with Crippen LogP contribution in [0.3, 0.4) is 0 Å². The van der Waals surface area contributed by atoms with E-state index in [4.69, 9.17) is 0 Å². The molecule has 1 aromatic carbocycles. The molecule has 1 N–H and O–H groups in total. The van der Waals surface area contributed by atoms with Gasteiger partial charge in [-0.3, -0.25) is 9.47 Å². The largest absolute Gasteiger partial charge is 0.325 e. The van der Waals surface area contributed by atoms with E-state index < -0.39 is 0 Å². The summed E-state index contributed by atoms with van der Waals surface area (Å²) in [5.41, 5.74) is 1.08. The molecule has 1 fully saturated rings. The van der Waals surface area contributed by atoms with E-state index in [1.54, 1.807) is 17.0 Å². The summed E-state index contributed by atoms with van der Waals surface area (Å²) in [5.74, 6) is -0.200. The molecule has 19 heavy (non-hydrogen) atoms. The number of aromatic nitrogens is 2. The molecule has 0 radical (unpaired) electrons.